The van der Waals surface area contributed by atoms with E-state index in [0.717, 1.165) is 25.7 Å². The van der Waals surface area contributed by atoms with E-state index in [1.165, 1.54) is 0 Å². The van der Waals surface area contributed by atoms with Crippen LogP contribution in [0.25, 0.3) is 0 Å². The molecule has 0 spiro atoms. The molecular weight excluding hydrogens is 268 g/mol. The van der Waals surface area contributed by atoms with Crippen LogP contribution in [0.4, 0.5) is 4.70 Å². The van der Waals surface area contributed by atoms with Gasteiger partial charge in [0, 0.05) is 18.6 Å². The molecule has 0 aliphatic heterocycles. The molecule has 112 valence electrons. The fourth-order valence-corrected chi connectivity index (χ4v) is 2.47. The predicted molar refractivity (Wildman–Crippen MR) is 77.2 cm³/mol. The fourth-order valence-electron chi connectivity index (χ4n) is 1.32. The Labute approximate surface area is 115 Å². The van der Waals surface area contributed by atoms with E-state index >= 15 is 0 Å². The topological polar surface area (TPSA) is 59.4 Å². The van der Waals surface area contributed by atoms with Crippen molar-refractivity contribution in [3.63, 3.8) is 0 Å². The van der Waals surface area contributed by atoms with E-state index in [1.54, 1.807) is 19.3 Å². The first kappa shape index (κ1) is 20.5. The fraction of sp³-hybridized carbons (Fsp3) is 0.615. The maximum Gasteiger partial charge on any atom is 0.328 e. The van der Waals surface area contributed by atoms with E-state index in [2.05, 4.69) is 11.9 Å². The minimum atomic E-state index is -3.23. The van der Waals surface area contributed by atoms with Crippen molar-refractivity contribution in [2.75, 3.05) is 12.8 Å². The number of aromatic nitrogens is 1. The van der Waals surface area contributed by atoms with Crippen LogP contribution in [0.1, 0.15) is 39.5 Å². The summed E-state index contributed by atoms with van der Waals surface area (Å²) in [6.45, 7) is 4.16. The molecule has 1 atom stereocenters. The normalized spacial score (nSPS) is 12.6. The lowest BCUT2D eigenvalue weighted by Crippen LogP contribution is -1.94. The van der Waals surface area contributed by atoms with Gasteiger partial charge in [0.2, 0.25) is 0 Å². The molecule has 0 radical (unpaired) electrons. The van der Waals surface area contributed by atoms with Gasteiger partial charge < -0.3 is 9.42 Å². The molecule has 1 heterocycles. The highest BCUT2D eigenvalue weighted by molar-refractivity contribution is 7.52. The average Bonchev–Trinajstić information content (AvgIpc) is 2.37. The van der Waals surface area contributed by atoms with Gasteiger partial charge in [0.15, 0.2) is 0 Å². The lowest BCUT2D eigenvalue weighted by Gasteiger charge is -2.09. The summed E-state index contributed by atoms with van der Waals surface area (Å²) < 4.78 is 15.8. The number of hydrogen-bond acceptors (Lipinski definition) is 3. The molecule has 19 heavy (non-hydrogen) atoms. The first-order valence-corrected chi connectivity index (χ1v) is 8.20. The molecule has 1 N–H and O–H groups in total. The minimum absolute atomic E-state index is 0. The van der Waals surface area contributed by atoms with Gasteiger partial charge in [0.05, 0.1) is 6.61 Å². The average molecular weight is 293 g/mol. The third-order valence-corrected chi connectivity index (χ3v) is 3.73. The van der Waals surface area contributed by atoms with Crippen molar-refractivity contribution in [2.45, 2.75) is 39.5 Å². The zero-order valence-corrected chi connectivity index (χ0v) is 12.6. The predicted octanol–water partition coefficient (Wildman–Crippen LogP) is 4.02. The largest absolute Gasteiger partial charge is 0.328 e. The SMILES string of the molecule is CCCCCCP(=O)(O)OCC.F.c1ccncc1. The molecule has 1 aromatic heterocycles. The highest BCUT2D eigenvalue weighted by Gasteiger charge is 2.16. The number of rotatable bonds is 7. The highest BCUT2D eigenvalue weighted by atomic mass is 31.2. The third kappa shape index (κ3) is 15.2. The van der Waals surface area contributed by atoms with Crippen molar-refractivity contribution in [3.8, 4) is 0 Å². The van der Waals surface area contributed by atoms with Crippen LogP contribution in [0, 0.1) is 0 Å². The number of hydrogen-bond donors (Lipinski definition) is 1. The second-order valence-corrected chi connectivity index (χ2v) is 5.84. The minimum Gasteiger partial charge on any atom is -0.324 e. The van der Waals surface area contributed by atoms with Gasteiger partial charge in [0.25, 0.3) is 0 Å². The summed E-state index contributed by atoms with van der Waals surface area (Å²) >= 11 is 0. The van der Waals surface area contributed by atoms with Gasteiger partial charge in [-0.1, -0.05) is 32.3 Å². The molecular formula is C13H25FNO3P. The van der Waals surface area contributed by atoms with Crippen LogP contribution in [0.2, 0.25) is 0 Å². The van der Waals surface area contributed by atoms with E-state index < -0.39 is 7.60 Å². The van der Waals surface area contributed by atoms with Crippen LogP contribution in [-0.4, -0.2) is 22.6 Å². The van der Waals surface area contributed by atoms with Crippen molar-refractivity contribution in [1.29, 1.82) is 0 Å². The summed E-state index contributed by atoms with van der Waals surface area (Å²) in [7, 11) is -3.23. The summed E-state index contributed by atoms with van der Waals surface area (Å²) in [6, 6.07) is 5.72. The zero-order chi connectivity index (χ0) is 13.7. The van der Waals surface area contributed by atoms with Crippen molar-refractivity contribution in [1.82, 2.24) is 4.98 Å². The van der Waals surface area contributed by atoms with Crippen molar-refractivity contribution >= 4 is 7.60 Å². The van der Waals surface area contributed by atoms with Crippen molar-refractivity contribution in [2.24, 2.45) is 0 Å². The summed E-state index contributed by atoms with van der Waals surface area (Å²) in [5, 5.41) is 0. The van der Waals surface area contributed by atoms with Crippen molar-refractivity contribution < 1.29 is 18.7 Å². The Morgan fingerprint density at radius 3 is 2.11 bits per heavy atom. The molecule has 0 fully saturated rings. The number of unbranched alkanes of at least 4 members (excludes halogenated alkanes) is 3. The Morgan fingerprint density at radius 2 is 1.74 bits per heavy atom. The molecule has 6 heteroatoms. The van der Waals surface area contributed by atoms with Gasteiger partial charge in [-0.05, 0) is 25.5 Å². The van der Waals surface area contributed by atoms with Crippen LogP contribution in [0.5, 0.6) is 0 Å². The van der Waals surface area contributed by atoms with Crippen molar-refractivity contribution in [3.05, 3.63) is 30.6 Å². The van der Waals surface area contributed by atoms with E-state index in [-0.39, 0.29) is 4.70 Å². The van der Waals surface area contributed by atoms with Gasteiger partial charge >= 0.3 is 7.60 Å². The number of pyridine rings is 1. The van der Waals surface area contributed by atoms with Crippen LogP contribution >= 0.6 is 7.60 Å². The molecule has 0 aliphatic rings. The van der Waals surface area contributed by atoms with Gasteiger partial charge in [0.1, 0.15) is 0 Å². The van der Waals surface area contributed by atoms with Gasteiger partial charge in [-0.2, -0.15) is 0 Å². The smallest absolute Gasteiger partial charge is 0.324 e. The lowest BCUT2D eigenvalue weighted by atomic mass is 10.2. The Hall–Kier alpha value is -0.770. The molecule has 4 nitrogen and oxygen atoms in total. The second kappa shape index (κ2) is 13.7. The zero-order valence-electron chi connectivity index (χ0n) is 11.7. The van der Waals surface area contributed by atoms with E-state index in [9.17, 15) is 4.57 Å². The Kier molecular flexibility index (Phi) is 14.8. The molecule has 0 aliphatic carbocycles. The van der Waals surface area contributed by atoms with E-state index in [4.69, 9.17) is 9.42 Å². The van der Waals surface area contributed by atoms with Crippen LogP contribution < -0.4 is 0 Å². The summed E-state index contributed by atoms with van der Waals surface area (Å²) in [4.78, 5) is 12.9. The van der Waals surface area contributed by atoms with Gasteiger partial charge in [-0.15, -0.1) is 0 Å². The lowest BCUT2D eigenvalue weighted by molar-refractivity contribution is 0.273. The van der Waals surface area contributed by atoms with Crippen LogP contribution in [-0.2, 0) is 9.09 Å². The number of halogens is 1. The third-order valence-electron chi connectivity index (χ3n) is 2.19. The molecule has 0 aromatic carbocycles. The standard InChI is InChI=1S/C8H19O3P.C5H5N.FH/c1-3-5-6-7-8-12(9,10)11-4-2;1-2-4-6-5-3-1;/h3-8H2,1-2H3,(H,9,10);1-5H;1H. The second-order valence-electron chi connectivity index (χ2n) is 3.86. The van der Waals surface area contributed by atoms with Gasteiger partial charge in [-0.3, -0.25) is 14.3 Å². The van der Waals surface area contributed by atoms with Crippen LogP contribution in [0.15, 0.2) is 30.6 Å². The molecule has 0 amide bonds. The molecule has 1 unspecified atom stereocenters. The Bertz CT molecular complexity index is 298. The van der Waals surface area contributed by atoms with E-state index in [0.29, 0.717) is 12.8 Å². The monoisotopic (exact) mass is 293 g/mol. The summed E-state index contributed by atoms with van der Waals surface area (Å²) in [6.07, 6.45) is 7.90. The van der Waals surface area contributed by atoms with E-state index in [1.807, 2.05) is 18.2 Å². The molecule has 0 bridgehead atoms. The van der Waals surface area contributed by atoms with Gasteiger partial charge in [-0.25, -0.2) is 0 Å². The Balaban J connectivity index is 0. The molecule has 0 saturated carbocycles. The molecule has 1 rings (SSSR count). The molecule has 0 saturated heterocycles. The summed E-state index contributed by atoms with van der Waals surface area (Å²) in [5.41, 5.74) is 0. The first-order valence-electron chi connectivity index (χ1n) is 6.43. The summed E-state index contributed by atoms with van der Waals surface area (Å²) in [5.74, 6) is 0. The van der Waals surface area contributed by atoms with Crippen LogP contribution in [0.3, 0.4) is 0 Å². The first-order chi connectivity index (χ1) is 8.62. The Morgan fingerprint density at radius 1 is 1.11 bits per heavy atom. The number of nitrogens with zero attached hydrogens (tertiary/aromatic N) is 1. The highest BCUT2D eigenvalue weighted by Crippen LogP contribution is 2.42. The molecule has 1 aromatic rings. The maximum atomic E-state index is 11.1. The maximum absolute atomic E-state index is 11.1. The quantitative estimate of drug-likeness (QED) is 0.609.